The molecule has 1 atom stereocenters. The minimum atomic E-state index is -0.806. The molecule has 0 aromatic heterocycles. The van der Waals surface area contributed by atoms with Crippen molar-refractivity contribution in [3.05, 3.63) is 29.3 Å². The van der Waals surface area contributed by atoms with E-state index in [1.54, 1.807) is 24.3 Å². The van der Waals surface area contributed by atoms with Gasteiger partial charge in [0, 0.05) is 5.02 Å². The molecule has 0 aliphatic heterocycles. The van der Waals surface area contributed by atoms with Crippen LogP contribution in [0.2, 0.25) is 5.02 Å². The van der Waals surface area contributed by atoms with Crippen LogP contribution in [0.15, 0.2) is 24.3 Å². The lowest BCUT2D eigenvalue weighted by molar-refractivity contribution is -0.132. The SMILES string of the molecule is C[C@H](CNC(=O)C1(C#N)CCC1)Oc1ccc(Cl)cc1. The van der Waals surface area contributed by atoms with Gasteiger partial charge in [0.05, 0.1) is 12.6 Å². The second kappa shape index (κ2) is 6.15. The number of carbonyl (C=O) groups is 1. The Bertz CT molecular complexity index is 518. The number of amides is 1. The number of nitriles is 1. The minimum absolute atomic E-state index is 0.170. The molecule has 1 fully saturated rings. The number of ether oxygens (including phenoxy) is 1. The third-order valence-corrected chi connectivity index (χ3v) is 3.81. The van der Waals surface area contributed by atoms with E-state index in [1.807, 2.05) is 6.92 Å². The van der Waals surface area contributed by atoms with E-state index in [4.69, 9.17) is 21.6 Å². The Morgan fingerprint density at radius 2 is 2.15 bits per heavy atom. The summed E-state index contributed by atoms with van der Waals surface area (Å²) in [6.45, 7) is 2.25. The number of hydrogen-bond donors (Lipinski definition) is 1. The number of nitrogens with one attached hydrogen (secondary N) is 1. The monoisotopic (exact) mass is 292 g/mol. The maximum Gasteiger partial charge on any atom is 0.240 e. The van der Waals surface area contributed by atoms with Crippen molar-refractivity contribution in [1.82, 2.24) is 5.32 Å². The standard InChI is InChI=1S/C15H17ClN2O2/c1-11(20-13-5-3-12(16)4-6-13)9-18-14(19)15(10-17)7-2-8-15/h3-6,11H,2,7-9H2,1H3,(H,18,19)/t11-/m1/s1. The van der Waals surface area contributed by atoms with Crippen molar-refractivity contribution >= 4 is 17.5 Å². The highest BCUT2D eigenvalue weighted by atomic mass is 35.5. The molecular weight excluding hydrogens is 276 g/mol. The fourth-order valence-corrected chi connectivity index (χ4v) is 2.24. The predicted molar refractivity (Wildman–Crippen MR) is 76.4 cm³/mol. The molecule has 4 nitrogen and oxygen atoms in total. The van der Waals surface area contributed by atoms with Crippen molar-refractivity contribution in [3.8, 4) is 11.8 Å². The lowest BCUT2D eigenvalue weighted by Gasteiger charge is -2.33. The number of hydrogen-bond acceptors (Lipinski definition) is 3. The first-order chi connectivity index (χ1) is 9.55. The van der Waals surface area contributed by atoms with E-state index < -0.39 is 5.41 Å². The zero-order valence-corrected chi connectivity index (χ0v) is 12.1. The molecule has 2 rings (SSSR count). The van der Waals surface area contributed by atoms with Crippen LogP contribution in [-0.4, -0.2) is 18.6 Å². The van der Waals surface area contributed by atoms with Crippen LogP contribution in [0.4, 0.5) is 0 Å². The van der Waals surface area contributed by atoms with Gasteiger partial charge in [0.25, 0.3) is 0 Å². The molecular formula is C15H17ClN2O2. The quantitative estimate of drug-likeness (QED) is 0.907. The van der Waals surface area contributed by atoms with Gasteiger partial charge in [-0.2, -0.15) is 5.26 Å². The predicted octanol–water partition coefficient (Wildman–Crippen LogP) is 2.92. The average molecular weight is 293 g/mol. The minimum Gasteiger partial charge on any atom is -0.489 e. The summed E-state index contributed by atoms with van der Waals surface area (Å²) in [6.07, 6.45) is 2.08. The Balaban J connectivity index is 1.80. The molecule has 1 N–H and O–H groups in total. The summed E-state index contributed by atoms with van der Waals surface area (Å²) in [5.41, 5.74) is -0.806. The number of benzene rings is 1. The molecule has 0 radical (unpaired) electrons. The summed E-state index contributed by atoms with van der Waals surface area (Å²) in [4.78, 5) is 12.0. The van der Waals surface area contributed by atoms with E-state index in [0.717, 1.165) is 6.42 Å². The van der Waals surface area contributed by atoms with E-state index in [-0.39, 0.29) is 12.0 Å². The molecule has 0 bridgehead atoms. The Hall–Kier alpha value is -1.73. The number of carbonyl (C=O) groups excluding carboxylic acids is 1. The van der Waals surface area contributed by atoms with E-state index in [2.05, 4.69) is 11.4 Å². The van der Waals surface area contributed by atoms with Crippen molar-refractivity contribution < 1.29 is 9.53 Å². The number of halogens is 1. The first-order valence-corrected chi connectivity index (χ1v) is 7.05. The van der Waals surface area contributed by atoms with Gasteiger partial charge in [-0.3, -0.25) is 4.79 Å². The van der Waals surface area contributed by atoms with Gasteiger partial charge < -0.3 is 10.1 Å². The molecule has 5 heteroatoms. The van der Waals surface area contributed by atoms with Gasteiger partial charge in [-0.1, -0.05) is 11.6 Å². The van der Waals surface area contributed by atoms with Gasteiger partial charge in [0.1, 0.15) is 17.3 Å². The maximum atomic E-state index is 12.0. The zero-order valence-electron chi connectivity index (χ0n) is 11.4. The smallest absolute Gasteiger partial charge is 0.240 e. The second-order valence-electron chi connectivity index (χ2n) is 5.14. The molecule has 1 aliphatic rings. The molecule has 20 heavy (non-hydrogen) atoms. The van der Waals surface area contributed by atoms with Gasteiger partial charge in [0.2, 0.25) is 5.91 Å². The Labute approximate surface area is 123 Å². The van der Waals surface area contributed by atoms with Crippen molar-refractivity contribution in [3.63, 3.8) is 0 Å². The molecule has 1 aromatic rings. The van der Waals surface area contributed by atoms with Crippen molar-refractivity contribution in [1.29, 1.82) is 5.26 Å². The summed E-state index contributed by atoms with van der Waals surface area (Å²) < 4.78 is 5.66. The fourth-order valence-electron chi connectivity index (χ4n) is 2.11. The first-order valence-electron chi connectivity index (χ1n) is 6.67. The summed E-state index contributed by atoms with van der Waals surface area (Å²) in [5, 5.41) is 12.5. The van der Waals surface area contributed by atoms with E-state index in [1.165, 1.54) is 0 Å². The van der Waals surface area contributed by atoms with Crippen molar-refractivity contribution in [2.24, 2.45) is 5.41 Å². The molecule has 1 aliphatic carbocycles. The molecule has 0 unspecified atom stereocenters. The lowest BCUT2D eigenvalue weighted by Crippen LogP contribution is -2.47. The topological polar surface area (TPSA) is 62.1 Å². The molecule has 1 amide bonds. The van der Waals surface area contributed by atoms with Crippen LogP contribution < -0.4 is 10.1 Å². The van der Waals surface area contributed by atoms with Gasteiger partial charge in [-0.05, 0) is 50.5 Å². The molecule has 1 saturated carbocycles. The third kappa shape index (κ3) is 3.23. The normalized spacial score (nSPS) is 17.4. The highest BCUT2D eigenvalue weighted by Crippen LogP contribution is 2.40. The summed E-state index contributed by atoms with van der Waals surface area (Å²) in [5.74, 6) is 0.521. The number of nitrogens with zero attached hydrogens (tertiary/aromatic N) is 1. The molecule has 106 valence electrons. The third-order valence-electron chi connectivity index (χ3n) is 3.56. The highest BCUT2D eigenvalue weighted by molar-refractivity contribution is 6.30. The first kappa shape index (κ1) is 14.7. The Morgan fingerprint density at radius 3 is 2.65 bits per heavy atom. The summed E-state index contributed by atoms with van der Waals surface area (Å²) in [7, 11) is 0. The largest absolute Gasteiger partial charge is 0.489 e. The van der Waals surface area contributed by atoms with Gasteiger partial charge in [-0.25, -0.2) is 0 Å². The zero-order chi connectivity index (χ0) is 14.6. The molecule has 0 spiro atoms. The van der Waals surface area contributed by atoms with E-state index in [0.29, 0.717) is 30.2 Å². The molecule has 0 saturated heterocycles. The van der Waals surface area contributed by atoms with Crippen molar-refractivity contribution in [2.45, 2.75) is 32.3 Å². The van der Waals surface area contributed by atoms with Crippen LogP contribution in [0, 0.1) is 16.7 Å². The fraction of sp³-hybridized carbons (Fsp3) is 0.467. The van der Waals surface area contributed by atoms with E-state index >= 15 is 0 Å². The maximum absolute atomic E-state index is 12.0. The molecule has 0 heterocycles. The van der Waals surface area contributed by atoms with Crippen molar-refractivity contribution in [2.75, 3.05) is 6.54 Å². The second-order valence-corrected chi connectivity index (χ2v) is 5.58. The Kier molecular flexibility index (Phi) is 4.51. The van der Waals surface area contributed by atoms with Crippen LogP contribution in [0.1, 0.15) is 26.2 Å². The lowest BCUT2D eigenvalue weighted by atomic mass is 9.69. The van der Waals surface area contributed by atoms with Crippen LogP contribution in [0.5, 0.6) is 5.75 Å². The highest BCUT2D eigenvalue weighted by Gasteiger charge is 2.44. The van der Waals surface area contributed by atoms with Gasteiger partial charge >= 0.3 is 0 Å². The average Bonchev–Trinajstić information content (AvgIpc) is 2.38. The molecule has 1 aromatic carbocycles. The van der Waals surface area contributed by atoms with Gasteiger partial charge in [0.15, 0.2) is 0 Å². The Morgan fingerprint density at radius 1 is 1.50 bits per heavy atom. The van der Waals surface area contributed by atoms with Crippen LogP contribution in [0.3, 0.4) is 0 Å². The summed E-state index contributed by atoms with van der Waals surface area (Å²) >= 11 is 5.80. The van der Waals surface area contributed by atoms with E-state index in [9.17, 15) is 4.79 Å². The number of rotatable bonds is 5. The summed E-state index contributed by atoms with van der Waals surface area (Å²) in [6, 6.07) is 9.19. The van der Waals surface area contributed by atoms with Crippen LogP contribution in [-0.2, 0) is 4.79 Å². The van der Waals surface area contributed by atoms with Crippen LogP contribution >= 0.6 is 11.6 Å². The van der Waals surface area contributed by atoms with Gasteiger partial charge in [-0.15, -0.1) is 0 Å². The van der Waals surface area contributed by atoms with Crippen LogP contribution in [0.25, 0.3) is 0 Å².